The first kappa shape index (κ1) is 11.2. The molecule has 0 bridgehead atoms. The Morgan fingerprint density at radius 2 is 2.00 bits per heavy atom. The zero-order valence-corrected chi connectivity index (χ0v) is 8.63. The molecule has 0 fully saturated rings. The fourth-order valence-corrected chi connectivity index (χ4v) is 2.05. The van der Waals surface area contributed by atoms with Gasteiger partial charge in [0.2, 0.25) is 0 Å². The molecule has 0 spiro atoms. The number of halogens is 3. The van der Waals surface area contributed by atoms with Crippen molar-refractivity contribution in [2.75, 3.05) is 0 Å². The SMILES string of the molecule is O=c1cnc2c(n1C[B-](F)(F)F)CCCC2. The summed E-state index contributed by atoms with van der Waals surface area (Å²) in [6.45, 7) is -4.99. The van der Waals surface area contributed by atoms with Crippen molar-refractivity contribution in [3.63, 3.8) is 0 Å². The summed E-state index contributed by atoms with van der Waals surface area (Å²) < 4.78 is 38.0. The molecule has 7 heteroatoms. The van der Waals surface area contributed by atoms with Crippen molar-refractivity contribution in [1.29, 1.82) is 0 Å². The molecule has 1 aromatic rings. The summed E-state index contributed by atoms with van der Waals surface area (Å²) in [4.78, 5) is 15.3. The van der Waals surface area contributed by atoms with Gasteiger partial charge in [-0.3, -0.25) is 9.78 Å². The van der Waals surface area contributed by atoms with Crippen LogP contribution in [0.1, 0.15) is 24.2 Å². The first-order valence-electron chi connectivity index (χ1n) is 5.26. The van der Waals surface area contributed by atoms with Gasteiger partial charge in [-0.25, -0.2) is 0 Å². The lowest BCUT2D eigenvalue weighted by Gasteiger charge is -2.23. The maximum atomic E-state index is 12.4. The highest BCUT2D eigenvalue weighted by atomic mass is 19.4. The van der Waals surface area contributed by atoms with Crippen LogP contribution < -0.4 is 5.56 Å². The molecule has 0 saturated carbocycles. The van der Waals surface area contributed by atoms with E-state index in [0.717, 1.165) is 23.6 Å². The fourth-order valence-electron chi connectivity index (χ4n) is 2.05. The minimum Gasteiger partial charge on any atom is -0.448 e. The summed E-state index contributed by atoms with van der Waals surface area (Å²) in [5.74, 6) is 0. The molecule has 1 heterocycles. The molecule has 0 amide bonds. The van der Waals surface area contributed by atoms with Crippen molar-refractivity contribution in [1.82, 2.24) is 9.55 Å². The van der Waals surface area contributed by atoms with Gasteiger partial charge in [-0.05, 0) is 32.1 Å². The third kappa shape index (κ3) is 2.28. The summed E-state index contributed by atoms with van der Waals surface area (Å²) in [5, 5.41) is 0. The highest BCUT2D eigenvalue weighted by Crippen LogP contribution is 2.19. The van der Waals surface area contributed by atoms with E-state index in [-0.39, 0.29) is 0 Å². The lowest BCUT2D eigenvalue weighted by atomic mass is 9.90. The molecule has 0 unspecified atom stereocenters. The van der Waals surface area contributed by atoms with Gasteiger partial charge in [-0.1, -0.05) is 0 Å². The lowest BCUT2D eigenvalue weighted by molar-refractivity contribution is 0.435. The Labute approximate surface area is 90.4 Å². The van der Waals surface area contributed by atoms with Gasteiger partial charge in [0.15, 0.2) is 0 Å². The number of nitrogens with zero attached hydrogens (tertiary/aromatic N) is 2. The van der Waals surface area contributed by atoms with Gasteiger partial charge in [0, 0.05) is 5.69 Å². The van der Waals surface area contributed by atoms with Crippen LogP contribution in [0.25, 0.3) is 0 Å². The van der Waals surface area contributed by atoms with E-state index in [1.807, 2.05) is 0 Å². The number of aromatic nitrogens is 2. The van der Waals surface area contributed by atoms with Crippen LogP contribution in [0, 0.1) is 0 Å². The van der Waals surface area contributed by atoms with Crippen molar-refractivity contribution in [3.8, 4) is 0 Å². The third-order valence-electron chi connectivity index (χ3n) is 2.72. The molecule has 0 aromatic carbocycles. The third-order valence-corrected chi connectivity index (χ3v) is 2.72. The first-order valence-corrected chi connectivity index (χ1v) is 5.26. The standard InChI is InChI=1S/C9H11BF3N2O/c11-10(12,13)6-15-8-4-2-1-3-7(8)14-5-9(15)16/h5H,1-4,6H2/q-1. The zero-order chi connectivity index (χ0) is 11.8. The van der Waals surface area contributed by atoms with Gasteiger partial charge in [0.25, 0.3) is 5.56 Å². The van der Waals surface area contributed by atoms with Crippen LogP contribution in [-0.4, -0.2) is 16.5 Å². The van der Waals surface area contributed by atoms with Gasteiger partial charge in [0.1, 0.15) is 0 Å². The summed E-state index contributed by atoms with van der Waals surface area (Å²) in [6.07, 6.45) is 2.78. The fraction of sp³-hybridized carbons (Fsp3) is 0.556. The number of fused-ring (bicyclic) bond motifs is 1. The van der Waals surface area contributed by atoms with E-state index in [1.54, 1.807) is 0 Å². The van der Waals surface area contributed by atoms with Gasteiger partial charge in [-0.2, -0.15) is 0 Å². The van der Waals surface area contributed by atoms with E-state index < -0.39 is 19.0 Å². The summed E-state index contributed by atoms with van der Waals surface area (Å²) in [7, 11) is 0. The van der Waals surface area contributed by atoms with E-state index in [1.165, 1.54) is 0 Å². The molecule has 0 N–H and O–H groups in total. The van der Waals surface area contributed by atoms with Crippen LogP contribution in [0.4, 0.5) is 12.9 Å². The van der Waals surface area contributed by atoms with E-state index >= 15 is 0 Å². The van der Waals surface area contributed by atoms with Crippen LogP contribution in [0.3, 0.4) is 0 Å². The smallest absolute Gasteiger partial charge is 0.448 e. The number of hydrogen-bond acceptors (Lipinski definition) is 2. The Hall–Kier alpha value is -1.27. The van der Waals surface area contributed by atoms with Gasteiger partial charge in [0.05, 0.1) is 11.9 Å². The first-order chi connectivity index (χ1) is 7.47. The van der Waals surface area contributed by atoms with Crippen LogP contribution in [0.15, 0.2) is 11.0 Å². The molecular formula is C9H11BF3N2O-. The average Bonchev–Trinajstić information content (AvgIpc) is 2.21. The van der Waals surface area contributed by atoms with Crippen LogP contribution in [0.5, 0.6) is 0 Å². The number of rotatable bonds is 2. The van der Waals surface area contributed by atoms with Crippen LogP contribution in [0.2, 0.25) is 0 Å². The summed E-state index contributed by atoms with van der Waals surface area (Å²) in [6, 6.07) is 0. The minimum absolute atomic E-state index is 0.470. The Morgan fingerprint density at radius 3 is 2.69 bits per heavy atom. The second kappa shape index (κ2) is 3.95. The zero-order valence-electron chi connectivity index (χ0n) is 8.63. The van der Waals surface area contributed by atoms with Crippen molar-refractivity contribution in [2.45, 2.75) is 32.1 Å². The normalized spacial score (nSPS) is 15.9. The maximum absolute atomic E-state index is 12.4. The molecule has 16 heavy (non-hydrogen) atoms. The predicted octanol–water partition coefficient (Wildman–Crippen LogP) is 1.51. The highest BCUT2D eigenvalue weighted by molar-refractivity contribution is 6.57. The van der Waals surface area contributed by atoms with Crippen molar-refractivity contribution >= 4 is 6.98 Å². The van der Waals surface area contributed by atoms with Crippen molar-refractivity contribution in [3.05, 3.63) is 27.9 Å². The Kier molecular flexibility index (Phi) is 2.77. The Bertz CT molecular complexity index is 455. The second-order valence-corrected chi connectivity index (χ2v) is 4.02. The molecule has 1 aromatic heterocycles. The quantitative estimate of drug-likeness (QED) is 0.723. The van der Waals surface area contributed by atoms with Gasteiger partial charge < -0.3 is 17.5 Å². The Morgan fingerprint density at radius 1 is 1.31 bits per heavy atom. The lowest BCUT2D eigenvalue weighted by Crippen LogP contribution is -2.35. The average molecular weight is 231 g/mol. The molecule has 88 valence electrons. The molecular weight excluding hydrogens is 220 g/mol. The van der Waals surface area contributed by atoms with Crippen molar-refractivity contribution < 1.29 is 12.9 Å². The second-order valence-electron chi connectivity index (χ2n) is 4.02. The number of aryl methyl sites for hydroxylation is 1. The van der Waals surface area contributed by atoms with Gasteiger partial charge >= 0.3 is 6.98 Å². The van der Waals surface area contributed by atoms with Crippen molar-refractivity contribution in [2.24, 2.45) is 0 Å². The van der Waals surface area contributed by atoms with E-state index in [2.05, 4.69) is 4.98 Å². The predicted molar refractivity (Wildman–Crippen MR) is 54.2 cm³/mol. The maximum Gasteiger partial charge on any atom is 0.497 e. The molecule has 2 rings (SSSR count). The van der Waals surface area contributed by atoms with Gasteiger partial charge in [-0.15, -0.1) is 0 Å². The van der Waals surface area contributed by atoms with E-state index in [9.17, 15) is 17.7 Å². The van der Waals surface area contributed by atoms with Crippen LogP contribution in [-0.2, 0) is 19.3 Å². The van der Waals surface area contributed by atoms with E-state index in [0.29, 0.717) is 24.2 Å². The molecule has 0 saturated heterocycles. The summed E-state index contributed by atoms with van der Waals surface area (Å²) in [5.41, 5.74) is 0.462. The molecule has 0 radical (unpaired) electrons. The molecule has 1 aliphatic carbocycles. The van der Waals surface area contributed by atoms with E-state index in [4.69, 9.17) is 0 Å². The molecule has 0 atom stereocenters. The minimum atomic E-state index is -4.99. The topological polar surface area (TPSA) is 34.9 Å². The molecule has 1 aliphatic rings. The number of hydrogen-bond donors (Lipinski definition) is 0. The molecule has 0 aliphatic heterocycles. The monoisotopic (exact) mass is 231 g/mol. The largest absolute Gasteiger partial charge is 0.497 e. The van der Waals surface area contributed by atoms with Crippen LogP contribution >= 0.6 is 0 Å². The Balaban J connectivity index is 2.46. The summed E-state index contributed by atoms with van der Waals surface area (Å²) >= 11 is 0. The molecule has 3 nitrogen and oxygen atoms in total. The highest BCUT2D eigenvalue weighted by Gasteiger charge is 2.26.